The maximum atomic E-state index is 10.5. The van der Waals surface area contributed by atoms with Crippen LogP contribution in [-0.2, 0) is 0 Å². The van der Waals surface area contributed by atoms with E-state index in [0.29, 0.717) is 13.2 Å². The Morgan fingerprint density at radius 2 is 1.95 bits per heavy atom. The second-order valence-corrected chi connectivity index (χ2v) is 5.49. The smallest absolute Gasteiger partial charge is 0.124 e. The predicted molar refractivity (Wildman–Crippen MR) is 84.0 cm³/mol. The summed E-state index contributed by atoms with van der Waals surface area (Å²) in [5, 5.41) is 10.5. The molecule has 1 aliphatic heterocycles. The number of aliphatic hydroxyl groups is 1. The predicted octanol–water partition coefficient (Wildman–Crippen LogP) is 3.00. The summed E-state index contributed by atoms with van der Waals surface area (Å²) < 4.78 is 11.3. The monoisotopic (exact) mass is 293 g/mol. The average molecular weight is 293 g/mol. The summed E-state index contributed by atoms with van der Waals surface area (Å²) in [6, 6.07) is 5.90. The summed E-state index contributed by atoms with van der Waals surface area (Å²) in [7, 11) is 0. The minimum absolute atomic E-state index is 0.00550. The molecule has 0 saturated carbocycles. The molecule has 2 atom stereocenters. The van der Waals surface area contributed by atoms with E-state index in [-0.39, 0.29) is 6.04 Å². The quantitative estimate of drug-likeness (QED) is 0.839. The van der Waals surface area contributed by atoms with Crippen LogP contribution < -0.4 is 9.47 Å². The molecule has 0 saturated heterocycles. The van der Waals surface area contributed by atoms with Gasteiger partial charge in [0.2, 0.25) is 0 Å². The lowest BCUT2D eigenvalue weighted by Gasteiger charge is -2.38. The fourth-order valence-corrected chi connectivity index (χ4v) is 3.02. The van der Waals surface area contributed by atoms with Crippen molar-refractivity contribution in [3.8, 4) is 11.5 Å². The van der Waals surface area contributed by atoms with Crippen LogP contribution in [0.3, 0.4) is 0 Å². The number of nitrogens with zero attached hydrogens (tertiary/aromatic N) is 1. The fourth-order valence-electron chi connectivity index (χ4n) is 3.02. The number of benzene rings is 1. The molecule has 0 radical (unpaired) electrons. The van der Waals surface area contributed by atoms with Gasteiger partial charge in [0.15, 0.2) is 0 Å². The van der Waals surface area contributed by atoms with Crippen LogP contribution in [0.2, 0.25) is 0 Å². The van der Waals surface area contributed by atoms with Gasteiger partial charge in [0, 0.05) is 5.56 Å². The van der Waals surface area contributed by atoms with Crippen LogP contribution in [0.5, 0.6) is 11.5 Å². The first-order chi connectivity index (χ1) is 10.2. The van der Waals surface area contributed by atoms with E-state index in [0.717, 1.165) is 43.0 Å². The first-order valence-electron chi connectivity index (χ1n) is 8.02. The maximum Gasteiger partial charge on any atom is 0.124 e. The van der Waals surface area contributed by atoms with Gasteiger partial charge in [-0.3, -0.25) is 4.90 Å². The van der Waals surface area contributed by atoms with E-state index in [4.69, 9.17) is 9.47 Å². The highest BCUT2D eigenvalue weighted by Gasteiger charge is 2.33. The molecule has 21 heavy (non-hydrogen) atoms. The number of rotatable bonds is 7. The van der Waals surface area contributed by atoms with Crippen LogP contribution in [-0.4, -0.2) is 42.4 Å². The summed E-state index contributed by atoms with van der Waals surface area (Å²) in [6.45, 7) is 9.28. The van der Waals surface area contributed by atoms with Crippen LogP contribution >= 0.6 is 0 Å². The average Bonchev–Trinajstić information content (AvgIpc) is 2.47. The third kappa shape index (κ3) is 3.69. The zero-order chi connectivity index (χ0) is 15.2. The van der Waals surface area contributed by atoms with Crippen molar-refractivity contribution in [1.29, 1.82) is 0 Å². The Morgan fingerprint density at radius 3 is 2.57 bits per heavy atom. The Kier molecular flexibility index (Phi) is 5.88. The van der Waals surface area contributed by atoms with Crippen LogP contribution in [0.1, 0.15) is 45.2 Å². The largest absolute Gasteiger partial charge is 0.494 e. The number of aliphatic hydroxyl groups excluding tert-OH is 1. The summed E-state index contributed by atoms with van der Waals surface area (Å²) in [5.41, 5.74) is 1.04. The van der Waals surface area contributed by atoms with Crippen molar-refractivity contribution < 1.29 is 14.6 Å². The van der Waals surface area contributed by atoms with E-state index < -0.39 is 6.10 Å². The van der Waals surface area contributed by atoms with Crippen LogP contribution in [0.15, 0.2) is 18.2 Å². The van der Waals surface area contributed by atoms with Crippen LogP contribution in [0.25, 0.3) is 0 Å². The van der Waals surface area contributed by atoms with Crippen molar-refractivity contribution in [2.45, 2.75) is 45.8 Å². The van der Waals surface area contributed by atoms with E-state index in [1.165, 1.54) is 0 Å². The normalized spacial score (nSPS) is 21.0. The lowest BCUT2D eigenvalue weighted by molar-refractivity contribution is -0.000344. The van der Waals surface area contributed by atoms with Gasteiger partial charge in [-0.15, -0.1) is 0 Å². The summed E-state index contributed by atoms with van der Waals surface area (Å²) in [5.74, 6) is 1.71. The molecule has 1 N–H and O–H groups in total. The third-order valence-electron chi connectivity index (χ3n) is 3.80. The molecule has 4 nitrogen and oxygen atoms in total. The third-order valence-corrected chi connectivity index (χ3v) is 3.80. The van der Waals surface area contributed by atoms with Gasteiger partial charge >= 0.3 is 0 Å². The zero-order valence-corrected chi connectivity index (χ0v) is 13.3. The Bertz CT molecular complexity index is 444. The van der Waals surface area contributed by atoms with Gasteiger partial charge < -0.3 is 14.6 Å². The molecule has 0 aromatic heterocycles. The first kappa shape index (κ1) is 16.1. The van der Waals surface area contributed by atoms with E-state index in [1.54, 1.807) is 0 Å². The van der Waals surface area contributed by atoms with Gasteiger partial charge in [-0.1, -0.05) is 13.8 Å². The lowest BCUT2D eigenvalue weighted by atomic mass is 9.95. The second-order valence-electron chi connectivity index (χ2n) is 5.49. The molecule has 0 fully saturated rings. The van der Waals surface area contributed by atoms with Crippen molar-refractivity contribution >= 4 is 0 Å². The minimum atomic E-state index is -0.493. The molecule has 1 aromatic carbocycles. The van der Waals surface area contributed by atoms with Gasteiger partial charge in [0.25, 0.3) is 0 Å². The number of ether oxygens (including phenoxy) is 2. The maximum absolute atomic E-state index is 10.5. The fraction of sp³-hybridized carbons (Fsp3) is 0.647. The highest BCUT2D eigenvalue weighted by molar-refractivity contribution is 5.44. The first-order valence-corrected chi connectivity index (χ1v) is 8.02. The Hall–Kier alpha value is -1.26. The molecule has 0 bridgehead atoms. The van der Waals surface area contributed by atoms with Gasteiger partial charge in [0.05, 0.1) is 12.6 Å². The molecule has 0 amide bonds. The van der Waals surface area contributed by atoms with E-state index in [9.17, 15) is 5.11 Å². The van der Waals surface area contributed by atoms with Crippen molar-refractivity contribution in [3.05, 3.63) is 23.8 Å². The summed E-state index contributed by atoms with van der Waals surface area (Å²) >= 11 is 0. The van der Waals surface area contributed by atoms with Crippen LogP contribution in [0.4, 0.5) is 0 Å². The molecule has 0 spiro atoms. The van der Waals surface area contributed by atoms with E-state index >= 15 is 0 Å². The van der Waals surface area contributed by atoms with Crippen molar-refractivity contribution in [2.24, 2.45) is 0 Å². The minimum Gasteiger partial charge on any atom is -0.494 e. The molecular weight excluding hydrogens is 266 g/mol. The number of hydrogen-bond donors (Lipinski definition) is 1. The Balaban J connectivity index is 2.34. The molecule has 1 aliphatic rings. The van der Waals surface area contributed by atoms with Crippen LogP contribution in [0, 0.1) is 0 Å². The number of fused-ring (bicyclic) bond motifs is 1. The number of hydrogen-bond acceptors (Lipinski definition) is 4. The SMILES string of the molecule is CCCN(CCC)C1c2cc(OCC)ccc2OCC1O. The summed E-state index contributed by atoms with van der Waals surface area (Å²) in [6.07, 6.45) is 1.65. The molecule has 1 aromatic rings. The van der Waals surface area contributed by atoms with Gasteiger partial charge in [-0.05, 0) is 51.1 Å². The second kappa shape index (κ2) is 7.66. The lowest BCUT2D eigenvalue weighted by Crippen LogP contribution is -2.43. The molecular formula is C17H27NO3. The van der Waals surface area contributed by atoms with Gasteiger partial charge in [0.1, 0.15) is 24.2 Å². The molecule has 1 heterocycles. The molecule has 0 aliphatic carbocycles. The van der Waals surface area contributed by atoms with E-state index in [1.807, 2.05) is 25.1 Å². The standard InChI is InChI=1S/C17H27NO3/c1-4-9-18(10-5-2)17-14-11-13(20-6-3)7-8-16(14)21-12-15(17)19/h7-8,11,15,17,19H,4-6,9-10,12H2,1-3H3. The highest BCUT2D eigenvalue weighted by atomic mass is 16.5. The topological polar surface area (TPSA) is 41.9 Å². The summed E-state index contributed by atoms with van der Waals surface area (Å²) in [4.78, 5) is 2.36. The Morgan fingerprint density at radius 1 is 1.24 bits per heavy atom. The van der Waals surface area contributed by atoms with E-state index in [2.05, 4.69) is 18.7 Å². The van der Waals surface area contributed by atoms with Gasteiger partial charge in [-0.2, -0.15) is 0 Å². The molecule has 2 rings (SSSR count). The zero-order valence-electron chi connectivity index (χ0n) is 13.3. The molecule has 2 unspecified atom stereocenters. The van der Waals surface area contributed by atoms with Crippen molar-refractivity contribution in [2.75, 3.05) is 26.3 Å². The molecule has 4 heteroatoms. The molecule has 118 valence electrons. The Labute approximate surface area is 127 Å². The highest BCUT2D eigenvalue weighted by Crippen LogP contribution is 2.38. The van der Waals surface area contributed by atoms with Gasteiger partial charge in [-0.25, -0.2) is 0 Å². The van der Waals surface area contributed by atoms with Crippen molar-refractivity contribution in [3.63, 3.8) is 0 Å². The van der Waals surface area contributed by atoms with Crippen molar-refractivity contribution in [1.82, 2.24) is 4.90 Å².